The van der Waals surface area contributed by atoms with E-state index >= 15 is 0 Å². The number of rotatable bonds is 15. The number of piperidine rings is 2. The molecule has 20 heteroatoms. The van der Waals surface area contributed by atoms with Crippen LogP contribution >= 0.6 is 0 Å². The Kier molecular flexibility index (Phi) is 17.0. The molecule has 4 aliphatic heterocycles. The van der Waals surface area contributed by atoms with Crippen LogP contribution in [0.25, 0.3) is 0 Å². The predicted octanol–water partition coefficient (Wildman–Crippen LogP) is -0.732. The van der Waals surface area contributed by atoms with E-state index in [0.717, 1.165) is 39.5 Å². The lowest BCUT2D eigenvalue weighted by Gasteiger charge is -2.55. The molecule has 0 radical (unpaired) electrons. The molecule has 8 atom stereocenters. The highest BCUT2D eigenvalue weighted by molar-refractivity contribution is 5.83. The number of nitrogens with zero attached hydrogens (tertiary/aromatic N) is 2. The van der Waals surface area contributed by atoms with Gasteiger partial charge in [-0.25, -0.2) is 0 Å². The number of quaternary nitrogens is 2. The Morgan fingerprint density at radius 2 is 0.758 bits per heavy atom. The van der Waals surface area contributed by atoms with Gasteiger partial charge < -0.3 is 81.6 Å². The smallest absolute Gasteiger partial charge is 0.310 e. The highest BCUT2D eigenvalue weighted by atomic mass is 79.9. The number of hydrogen-bond donors (Lipinski definition) is 2. The molecular weight excluding hydrogens is 996 g/mol. The molecule has 0 aromatic heterocycles. The number of benzene rings is 2. The zero-order valence-electron chi connectivity index (χ0n) is 38.3. The molecule has 4 heterocycles. The van der Waals surface area contributed by atoms with Crippen LogP contribution in [-0.4, -0.2) is 105 Å². The number of ether oxygens (including phenoxy) is 6. The van der Waals surface area contributed by atoms with Gasteiger partial charge in [0.2, 0.25) is 11.5 Å². The monoisotopic (exact) mass is 1050 g/mol. The quantitative estimate of drug-likeness (QED) is 0.127. The van der Waals surface area contributed by atoms with Crippen LogP contribution in [0, 0.1) is 17.3 Å². The number of hydrogen-bond acceptors (Lipinski definition) is 14. The minimum atomic E-state index is -1.57. The van der Waals surface area contributed by atoms with Gasteiger partial charge in [-0.05, 0) is 36.1 Å². The number of carbonyl (C=O) groups excluding carboxylic acids is 6. The third-order valence-electron chi connectivity index (χ3n) is 14.2. The lowest BCUT2D eigenvalue weighted by Crippen LogP contribution is -3.00. The Morgan fingerprint density at radius 3 is 0.970 bits per heavy atom. The van der Waals surface area contributed by atoms with Crippen molar-refractivity contribution in [1.29, 1.82) is 0 Å². The van der Waals surface area contributed by atoms with Crippen LogP contribution < -0.4 is 62.4 Å². The van der Waals surface area contributed by atoms with E-state index in [0.29, 0.717) is 58.9 Å². The highest BCUT2D eigenvalue weighted by Gasteiger charge is 2.64. The van der Waals surface area contributed by atoms with Crippen molar-refractivity contribution in [3.8, 4) is 34.5 Å². The number of aliphatic carboxylic acids is 2. The van der Waals surface area contributed by atoms with Crippen molar-refractivity contribution in [2.24, 2.45) is 17.3 Å². The second-order valence-corrected chi connectivity index (χ2v) is 18.4. The molecule has 2 N–H and O–H groups in total. The average molecular weight is 1050 g/mol. The molecule has 18 nitrogen and oxygen atoms in total. The summed E-state index contributed by atoms with van der Waals surface area (Å²) < 4.78 is 33.3. The number of fused-ring (bicyclic) bond motifs is 4. The fourth-order valence-electron chi connectivity index (χ4n) is 11.8. The van der Waals surface area contributed by atoms with Gasteiger partial charge in [0.05, 0.1) is 50.1 Å². The molecule has 4 bridgehead atoms. The van der Waals surface area contributed by atoms with E-state index in [-0.39, 0.29) is 92.6 Å². The van der Waals surface area contributed by atoms with E-state index in [4.69, 9.17) is 28.4 Å². The van der Waals surface area contributed by atoms with Gasteiger partial charge in [-0.15, -0.1) is 0 Å². The molecule has 4 aliphatic rings. The second kappa shape index (κ2) is 20.9. The average Bonchev–Trinajstić information content (AvgIpc) is 3.38. The first-order valence-corrected chi connectivity index (χ1v) is 21.5. The zero-order chi connectivity index (χ0) is 47.1. The van der Waals surface area contributed by atoms with Crippen LogP contribution in [0.1, 0.15) is 110 Å². The minimum Gasteiger partial charge on any atom is -1.00 e. The van der Waals surface area contributed by atoms with Crippen molar-refractivity contribution >= 4 is 47.8 Å². The number of esters is 6. The molecule has 4 saturated heterocycles. The maximum atomic E-state index is 13.9. The summed E-state index contributed by atoms with van der Waals surface area (Å²) in [6.07, 6.45) is 4.36. The summed E-state index contributed by atoms with van der Waals surface area (Å²) >= 11 is 0. The highest BCUT2D eigenvalue weighted by Crippen LogP contribution is 2.59. The van der Waals surface area contributed by atoms with Crippen molar-refractivity contribution in [2.75, 3.05) is 14.1 Å². The van der Waals surface area contributed by atoms with Crippen LogP contribution in [0.3, 0.4) is 0 Å². The van der Waals surface area contributed by atoms with Gasteiger partial charge in [0.15, 0.2) is 23.0 Å². The van der Waals surface area contributed by atoms with Crippen molar-refractivity contribution < 1.29 is 120 Å². The van der Waals surface area contributed by atoms with Gasteiger partial charge in [0.25, 0.3) is 0 Å². The molecule has 362 valence electrons. The van der Waals surface area contributed by atoms with Crippen molar-refractivity contribution in [3.05, 3.63) is 35.4 Å². The normalized spacial score (nSPS) is 26.8. The Bertz CT molecular complexity index is 2040. The summed E-state index contributed by atoms with van der Waals surface area (Å²) in [4.78, 5) is 99.4. The van der Waals surface area contributed by atoms with Crippen molar-refractivity contribution in [2.45, 2.75) is 137 Å². The fourth-order valence-corrected chi connectivity index (χ4v) is 11.8. The third-order valence-corrected chi connectivity index (χ3v) is 14.2. The molecule has 2 aromatic rings. The maximum Gasteiger partial charge on any atom is 0.310 e. The van der Waals surface area contributed by atoms with E-state index in [1.54, 1.807) is 24.3 Å². The molecule has 2 aromatic carbocycles. The molecule has 0 aliphatic carbocycles. The van der Waals surface area contributed by atoms with Crippen LogP contribution in [-0.2, 0) is 51.4 Å². The van der Waals surface area contributed by atoms with Gasteiger partial charge in [0.1, 0.15) is 13.1 Å². The third kappa shape index (κ3) is 11.1. The van der Waals surface area contributed by atoms with E-state index in [9.17, 15) is 48.6 Å². The maximum absolute atomic E-state index is 13.9. The first-order valence-electron chi connectivity index (χ1n) is 21.5. The predicted molar refractivity (Wildman–Crippen MR) is 222 cm³/mol. The Hall–Kier alpha value is -4.92. The Balaban J connectivity index is 0.00000476. The molecule has 66 heavy (non-hydrogen) atoms. The minimum absolute atomic E-state index is 0. The van der Waals surface area contributed by atoms with Crippen LogP contribution in [0.2, 0.25) is 0 Å². The van der Waals surface area contributed by atoms with Crippen molar-refractivity contribution in [1.82, 2.24) is 0 Å². The van der Waals surface area contributed by atoms with Gasteiger partial charge in [-0.3, -0.25) is 38.4 Å². The Morgan fingerprint density at radius 1 is 0.500 bits per heavy atom. The Labute approximate surface area is 403 Å². The van der Waals surface area contributed by atoms with Crippen LogP contribution in [0.15, 0.2) is 24.3 Å². The number of carbonyl (C=O) groups is 8. The van der Waals surface area contributed by atoms with E-state index in [1.807, 2.05) is 0 Å². The van der Waals surface area contributed by atoms with Gasteiger partial charge in [-0.1, -0.05) is 0 Å². The molecule has 0 amide bonds. The molecule has 4 fully saturated rings. The fraction of sp³-hybridized carbons (Fsp3) is 0.565. The second-order valence-electron chi connectivity index (χ2n) is 18.4. The molecule has 4 unspecified atom stereocenters. The van der Waals surface area contributed by atoms with Crippen LogP contribution in [0.4, 0.5) is 0 Å². The number of halogens is 2. The molecule has 6 rings (SSSR count). The van der Waals surface area contributed by atoms with Gasteiger partial charge in [0, 0.05) is 104 Å². The van der Waals surface area contributed by atoms with Gasteiger partial charge in [-0.2, -0.15) is 0 Å². The SMILES string of the molecule is CC(=O)Oc1cc(C[N+]2(C)[C@@H]3CC[C@H]2CC(C(CC(=O)O)(C(=O)O)C2C[C@H]4CC[C@@H](C2)[N+]4(C)Cc2cc(OC(C)=O)c(OC(C)=O)c(OC(C)=O)c2)C3)cc(OC(C)=O)c1OC(C)=O.[Br-].[Br-]. The molecular formula is C46H58Br2N2O16. The van der Waals surface area contributed by atoms with Crippen molar-refractivity contribution in [3.63, 3.8) is 0 Å². The molecule has 0 spiro atoms. The summed E-state index contributed by atoms with van der Waals surface area (Å²) in [5.74, 6) is -8.20. The summed E-state index contributed by atoms with van der Waals surface area (Å²) in [6.45, 7) is 7.82. The summed E-state index contributed by atoms with van der Waals surface area (Å²) in [6, 6.07) is 6.04. The molecule has 0 saturated carbocycles. The summed E-state index contributed by atoms with van der Waals surface area (Å²) in [7, 11) is 4.16. The lowest BCUT2D eigenvalue weighted by atomic mass is 9.57. The summed E-state index contributed by atoms with van der Waals surface area (Å²) in [5.41, 5.74) is -0.325. The number of carboxylic acids is 2. The van der Waals surface area contributed by atoms with Gasteiger partial charge >= 0.3 is 47.8 Å². The topological polar surface area (TPSA) is 232 Å². The van der Waals surface area contributed by atoms with E-state index < -0.39 is 71.4 Å². The van der Waals surface area contributed by atoms with E-state index in [2.05, 4.69) is 14.1 Å². The standard InChI is InChI=1S/C46H56N2O16.2BrH/c1-24(49)59-38-13-30(14-39(60-25(2)50)43(38)63-28(5)53)22-47(7)34-9-10-35(47)18-32(17-34)46(45(57)58,21-42(55)56)33-19-36-11-12-37(20-33)48(36,8)23-31-15-40(61-26(3)51)44(64-29(6)54)41(16-31)62-27(4)52;;/h13-16,32-37H,9-12,17-23H2,1-8H3;2*1H/t32?,33?,34-,35+,36-,37+,46?,47?,48?;;. The zero-order valence-corrected chi connectivity index (χ0v) is 41.5. The number of carboxylic acid groups (broad SMARTS) is 2. The largest absolute Gasteiger partial charge is 1.00 e. The lowest BCUT2D eigenvalue weighted by molar-refractivity contribution is -0.963. The van der Waals surface area contributed by atoms with Crippen LogP contribution in [0.5, 0.6) is 34.5 Å². The first kappa shape index (κ1) is 53.7. The summed E-state index contributed by atoms with van der Waals surface area (Å²) in [5, 5.41) is 21.8. The van der Waals surface area contributed by atoms with E-state index in [1.165, 1.54) is 27.7 Å². The first-order chi connectivity index (χ1) is 29.9.